The minimum absolute atomic E-state index is 1.02. The first kappa shape index (κ1) is 21.1. The number of benzene rings is 3. The Morgan fingerprint density at radius 3 is 1.64 bits per heavy atom. The summed E-state index contributed by atoms with van der Waals surface area (Å²) < 4.78 is 0. The predicted molar refractivity (Wildman–Crippen MR) is 128 cm³/mol. The van der Waals surface area contributed by atoms with Gasteiger partial charge in [0, 0.05) is 15.5 Å². The molecule has 0 bridgehead atoms. The van der Waals surface area contributed by atoms with Crippen molar-refractivity contribution in [2.75, 3.05) is 5.75 Å². The molecule has 146 valence electrons. The van der Waals surface area contributed by atoms with Crippen LogP contribution >= 0.6 is 23.5 Å². The monoisotopic (exact) mass is 406 g/mol. The second-order valence-electron chi connectivity index (χ2n) is 7.06. The number of thioether (sulfide) groups is 2. The molecule has 0 heterocycles. The predicted octanol–water partition coefficient (Wildman–Crippen LogP) is 8.49. The highest BCUT2D eigenvalue weighted by Crippen LogP contribution is 2.28. The standard InChI is InChI=1S/C26H30S2/c1-3-5-6-19-27-25-15-11-23(12-16-25)24-13-17-26(18-14-24)28-20-22-9-7-21(4-2)8-10-22/h7-18H,3-6,19-20H2,1-2H3. The van der Waals surface area contributed by atoms with E-state index in [1.54, 1.807) is 0 Å². The summed E-state index contributed by atoms with van der Waals surface area (Å²) >= 11 is 3.87. The summed E-state index contributed by atoms with van der Waals surface area (Å²) in [6.07, 6.45) is 5.04. The van der Waals surface area contributed by atoms with Crippen LogP contribution in [0.5, 0.6) is 0 Å². The van der Waals surface area contributed by atoms with Crippen LogP contribution in [0.25, 0.3) is 11.1 Å². The lowest BCUT2D eigenvalue weighted by Gasteiger charge is -2.07. The zero-order chi connectivity index (χ0) is 19.6. The second-order valence-corrected chi connectivity index (χ2v) is 9.28. The number of hydrogen-bond donors (Lipinski definition) is 0. The van der Waals surface area contributed by atoms with Crippen LogP contribution in [-0.2, 0) is 12.2 Å². The van der Waals surface area contributed by atoms with Crippen molar-refractivity contribution in [3.8, 4) is 11.1 Å². The summed E-state index contributed by atoms with van der Waals surface area (Å²) in [6, 6.07) is 27.0. The zero-order valence-electron chi connectivity index (χ0n) is 17.0. The fraction of sp³-hybridized carbons (Fsp3) is 0.308. The van der Waals surface area contributed by atoms with Gasteiger partial charge in [0.05, 0.1) is 0 Å². The quantitative estimate of drug-likeness (QED) is 0.244. The highest BCUT2D eigenvalue weighted by Gasteiger charge is 2.01. The van der Waals surface area contributed by atoms with E-state index in [0.29, 0.717) is 0 Å². The van der Waals surface area contributed by atoms with E-state index in [2.05, 4.69) is 86.6 Å². The summed E-state index contributed by atoms with van der Waals surface area (Å²) in [5.41, 5.74) is 5.38. The van der Waals surface area contributed by atoms with Crippen molar-refractivity contribution in [2.24, 2.45) is 0 Å². The van der Waals surface area contributed by atoms with Crippen LogP contribution < -0.4 is 0 Å². The molecular weight excluding hydrogens is 376 g/mol. The molecule has 0 aliphatic heterocycles. The van der Waals surface area contributed by atoms with E-state index in [-0.39, 0.29) is 0 Å². The van der Waals surface area contributed by atoms with Gasteiger partial charge in [-0.25, -0.2) is 0 Å². The number of hydrogen-bond acceptors (Lipinski definition) is 2. The van der Waals surface area contributed by atoms with Crippen LogP contribution in [0.2, 0.25) is 0 Å². The van der Waals surface area contributed by atoms with Gasteiger partial charge in [0.25, 0.3) is 0 Å². The molecule has 0 nitrogen and oxygen atoms in total. The lowest BCUT2D eigenvalue weighted by Crippen LogP contribution is -1.84. The molecule has 0 radical (unpaired) electrons. The fourth-order valence-corrected chi connectivity index (χ4v) is 4.83. The Morgan fingerprint density at radius 2 is 1.11 bits per heavy atom. The molecule has 0 aliphatic rings. The van der Waals surface area contributed by atoms with Gasteiger partial charge in [0.2, 0.25) is 0 Å². The first-order valence-corrected chi connectivity index (χ1v) is 12.3. The largest absolute Gasteiger partial charge is 0.126 e. The molecule has 0 aromatic heterocycles. The van der Waals surface area contributed by atoms with E-state index in [9.17, 15) is 0 Å². The molecule has 0 fully saturated rings. The van der Waals surface area contributed by atoms with Gasteiger partial charge < -0.3 is 0 Å². The molecular formula is C26H30S2. The lowest BCUT2D eigenvalue weighted by atomic mass is 10.1. The highest BCUT2D eigenvalue weighted by atomic mass is 32.2. The molecule has 0 unspecified atom stereocenters. The third-order valence-corrected chi connectivity index (χ3v) is 7.08. The van der Waals surface area contributed by atoms with E-state index in [1.807, 2.05) is 23.5 Å². The molecule has 0 aliphatic carbocycles. The third kappa shape index (κ3) is 6.46. The molecule has 3 aromatic carbocycles. The van der Waals surface area contributed by atoms with Crippen LogP contribution in [0.4, 0.5) is 0 Å². The van der Waals surface area contributed by atoms with Crippen molar-refractivity contribution < 1.29 is 0 Å². The average Bonchev–Trinajstić information content (AvgIpc) is 2.76. The van der Waals surface area contributed by atoms with Crippen LogP contribution in [0.3, 0.4) is 0 Å². The normalized spacial score (nSPS) is 10.9. The van der Waals surface area contributed by atoms with Crippen LogP contribution in [0, 0.1) is 0 Å². The maximum Gasteiger partial charge on any atom is 0.0231 e. The van der Waals surface area contributed by atoms with Crippen LogP contribution in [-0.4, -0.2) is 5.75 Å². The number of unbranched alkanes of at least 4 members (excludes halogenated alkanes) is 2. The molecule has 3 rings (SSSR count). The Labute approximate surface area is 179 Å². The maximum absolute atomic E-state index is 2.26. The Bertz CT molecular complexity index is 818. The van der Waals surface area contributed by atoms with Gasteiger partial charge in [-0.05, 0) is 65.1 Å². The van der Waals surface area contributed by atoms with Gasteiger partial charge in [-0.3, -0.25) is 0 Å². The van der Waals surface area contributed by atoms with Crippen molar-refractivity contribution >= 4 is 23.5 Å². The summed E-state index contributed by atoms with van der Waals surface area (Å²) in [7, 11) is 0. The fourth-order valence-electron chi connectivity index (χ4n) is 3.07. The first-order chi connectivity index (χ1) is 13.8. The van der Waals surface area contributed by atoms with E-state index >= 15 is 0 Å². The topological polar surface area (TPSA) is 0 Å². The molecule has 0 N–H and O–H groups in total. The molecule has 2 heteroatoms. The van der Waals surface area contributed by atoms with E-state index in [4.69, 9.17) is 0 Å². The van der Waals surface area contributed by atoms with Gasteiger partial charge in [-0.2, -0.15) is 0 Å². The first-order valence-electron chi connectivity index (χ1n) is 10.3. The van der Waals surface area contributed by atoms with Gasteiger partial charge in [0.15, 0.2) is 0 Å². The second kappa shape index (κ2) is 11.4. The summed E-state index contributed by atoms with van der Waals surface area (Å²) in [6.45, 7) is 4.46. The van der Waals surface area contributed by atoms with Crippen LogP contribution in [0.1, 0.15) is 44.2 Å². The van der Waals surface area contributed by atoms with Crippen molar-refractivity contribution in [1.29, 1.82) is 0 Å². The van der Waals surface area contributed by atoms with Crippen molar-refractivity contribution in [3.05, 3.63) is 83.9 Å². The van der Waals surface area contributed by atoms with Crippen LogP contribution in [0.15, 0.2) is 82.6 Å². The van der Waals surface area contributed by atoms with Gasteiger partial charge in [0.1, 0.15) is 0 Å². The smallest absolute Gasteiger partial charge is 0.0231 e. The molecule has 0 saturated heterocycles. The molecule has 0 amide bonds. The molecule has 0 saturated carbocycles. The maximum atomic E-state index is 2.26. The van der Waals surface area contributed by atoms with E-state index in [1.165, 1.54) is 57.1 Å². The van der Waals surface area contributed by atoms with Crippen molar-refractivity contribution in [2.45, 2.75) is 55.1 Å². The SMILES string of the molecule is CCCCCSc1ccc(-c2ccc(SCc3ccc(CC)cc3)cc2)cc1. The summed E-state index contributed by atoms with van der Waals surface area (Å²) in [4.78, 5) is 2.70. The molecule has 28 heavy (non-hydrogen) atoms. The number of aryl methyl sites for hydroxylation is 1. The average molecular weight is 407 g/mol. The lowest BCUT2D eigenvalue weighted by molar-refractivity contribution is 0.778. The Kier molecular flexibility index (Phi) is 8.57. The Morgan fingerprint density at radius 1 is 0.571 bits per heavy atom. The summed E-state index contributed by atoms with van der Waals surface area (Å²) in [5.74, 6) is 2.24. The minimum Gasteiger partial charge on any atom is -0.126 e. The Hall–Kier alpha value is -1.64. The van der Waals surface area contributed by atoms with Gasteiger partial charge >= 0.3 is 0 Å². The zero-order valence-corrected chi connectivity index (χ0v) is 18.6. The summed E-state index contributed by atoms with van der Waals surface area (Å²) in [5, 5.41) is 0. The molecule has 3 aromatic rings. The molecule has 0 spiro atoms. The van der Waals surface area contributed by atoms with Crippen molar-refractivity contribution in [3.63, 3.8) is 0 Å². The van der Waals surface area contributed by atoms with Gasteiger partial charge in [-0.1, -0.05) is 75.2 Å². The Balaban J connectivity index is 1.53. The van der Waals surface area contributed by atoms with Gasteiger partial charge in [-0.15, -0.1) is 23.5 Å². The number of rotatable bonds is 10. The highest BCUT2D eigenvalue weighted by molar-refractivity contribution is 7.99. The third-order valence-electron chi connectivity index (χ3n) is 4.90. The molecule has 0 atom stereocenters. The van der Waals surface area contributed by atoms with E-state index < -0.39 is 0 Å². The van der Waals surface area contributed by atoms with E-state index in [0.717, 1.165) is 12.2 Å². The minimum atomic E-state index is 1.02. The van der Waals surface area contributed by atoms with Crippen molar-refractivity contribution in [1.82, 2.24) is 0 Å².